The van der Waals surface area contributed by atoms with E-state index in [9.17, 15) is 18.0 Å². The molecule has 0 bridgehead atoms. The second kappa shape index (κ2) is 6.68. The van der Waals surface area contributed by atoms with Crippen molar-refractivity contribution in [3.63, 3.8) is 0 Å². The standard InChI is InChI=1S/C13H18N2O5S/c1-4-15(9-12(16)14(2)3)21(19,20)11-7-5-10(6-8-11)13(17)18/h5-8H,4,9H2,1-3H3,(H,17,18). The molecule has 0 atom stereocenters. The number of aromatic carboxylic acids is 1. The van der Waals surface area contributed by atoms with Gasteiger partial charge in [-0.05, 0) is 24.3 Å². The molecule has 8 heteroatoms. The number of nitrogens with zero attached hydrogens (tertiary/aromatic N) is 2. The lowest BCUT2D eigenvalue weighted by Gasteiger charge is -2.21. The van der Waals surface area contributed by atoms with E-state index < -0.39 is 16.0 Å². The Balaban J connectivity index is 3.07. The molecular weight excluding hydrogens is 296 g/mol. The van der Waals surface area contributed by atoms with Crippen LogP contribution < -0.4 is 0 Å². The molecule has 0 spiro atoms. The van der Waals surface area contributed by atoms with Crippen LogP contribution in [-0.4, -0.2) is 61.8 Å². The van der Waals surface area contributed by atoms with Gasteiger partial charge in [0, 0.05) is 20.6 Å². The molecule has 0 aliphatic heterocycles. The van der Waals surface area contributed by atoms with Crippen molar-refractivity contribution in [2.45, 2.75) is 11.8 Å². The second-order valence-electron chi connectivity index (χ2n) is 4.55. The third kappa shape index (κ3) is 4.02. The molecule has 1 rings (SSSR count). The van der Waals surface area contributed by atoms with Crippen LogP contribution in [0.25, 0.3) is 0 Å². The summed E-state index contributed by atoms with van der Waals surface area (Å²) in [5.74, 6) is -1.46. The van der Waals surface area contributed by atoms with Gasteiger partial charge in [0.15, 0.2) is 0 Å². The number of carbonyl (C=O) groups excluding carboxylic acids is 1. The van der Waals surface area contributed by atoms with Crippen LogP contribution in [0.15, 0.2) is 29.2 Å². The molecule has 1 N–H and O–H groups in total. The van der Waals surface area contributed by atoms with Crippen LogP contribution in [0.5, 0.6) is 0 Å². The molecule has 1 aromatic carbocycles. The van der Waals surface area contributed by atoms with Crippen molar-refractivity contribution in [2.75, 3.05) is 27.2 Å². The number of rotatable bonds is 6. The van der Waals surface area contributed by atoms with Crippen molar-refractivity contribution in [1.82, 2.24) is 9.21 Å². The van der Waals surface area contributed by atoms with Crippen molar-refractivity contribution in [3.8, 4) is 0 Å². The van der Waals surface area contributed by atoms with Crippen molar-refractivity contribution < 1.29 is 23.1 Å². The molecule has 1 aromatic rings. The Morgan fingerprint density at radius 2 is 1.67 bits per heavy atom. The Labute approximate surface area is 123 Å². The molecule has 0 aliphatic rings. The van der Waals surface area contributed by atoms with Crippen LogP contribution in [0.4, 0.5) is 0 Å². The van der Waals surface area contributed by atoms with E-state index in [1.54, 1.807) is 21.0 Å². The lowest BCUT2D eigenvalue weighted by molar-refractivity contribution is -0.128. The summed E-state index contributed by atoms with van der Waals surface area (Å²) in [7, 11) is -0.737. The van der Waals surface area contributed by atoms with E-state index in [1.165, 1.54) is 29.2 Å². The highest BCUT2D eigenvalue weighted by atomic mass is 32.2. The lowest BCUT2D eigenvalue weighted by atomic mass is 10.2. The molecule has 0 saturated carbocycles. The Morgan fingerprint density at radius 1 is 1.14 bits per heavy atom. The topological polar surface area (TPSA) is 95.0 Å². The highest BCUT2D eigenvalue weighted by Crippen LogP contribution is 2.16. The van der Waals surface area contributed by atoms with E-state index in [4.69, 9.17) is 5.11 Å². The fraction of sp³-hybridized carbons (Fsp3) is 0.385. The highest BCUT2D eigenvalue weighted by molar-refractivity contribution is 7.89. The fourth-order valence-electron chi connectivity index (χ4n) is 1.58. The van der Waals surface area contributed by atoms with E-state index in [-0.39, 0.29) is 29.5 Å². The predicted molar refractivity (Wildman–Crippen MR) is 76.5 cm³/mol. The first-order chi connectivity index (χ1) is 9.70. The van der Waals surface area contributed by atoms with Gasteiger partial charge < -0.3 is 10.0 Å². The first-order valence-corrected chi connectivity index (χ1v) is 7.67. The number of sulfonamides is 1. The summed E-state index contributed by atoms with van der Waals surface area (Å²) in [6, 6.07) is 4.89. The number of carboxylic acids is 1. The minimum Gasteiger partial charge on any atom is -0.478 e. The molecule has 0 heterocycles. The van der Waals surface area contributed by atoms with E-state index in [0.717, 1.165) is 4.31 Å². The van der Waals surface area contributed by atoms with Crippen LogP contribution in [0.1, 0.15) is 17.3 Å². The molecule has 116 valence electrons. The first kappa shape index (κ1) is 17.1. The number of carboxylic acid groups (broad SMARTS) is 1. The number of amides is 1. The summed E-state index contributed by atoms with van der Waals surface area (Å²) in [5, 5.41) is 8.80. The zero-order valence-corrected chi connectivity index (χ0v) is 12.9. The third-order valence-corrected chi connectivity index (χ3v) is 4.84. The van der Waals surface area contributed by atoms with Gasteiger partial charge in [0.05, 0.1) is 17.0 Å². The van der Waals surface area contributed by atoms with E-state index in [0.29, 0.717) is 0 Å². The molecule has 21 heavy (non-hydrogen) atoms. The number of likely N-dealkylation sites (N-methyl/N-ethyl adjacent to an activating group) is 2. The molecule has 7 nitrogen and oxygen atoms in total. The van der Waals surface area contributed by atoms with Crippen LogP contribution in [0.2, 0.25) is 0 Å². The van der Waals surface area contributed by atoms with Crippen molar-refractivity contribution in [1.29, 1.82) is 0 Å². The molecule has 0 radical (unpaired) electrons. The zero-order chi connectivity index (χ0) is 16.2. The van der Waals surface area contributed by atoms with Gasteiger partial charge in [-0.2, -0.15) is 4.31 Å². The normalized spacial score (nSPS) is 11.4. The largest absolute Gasteiger partial charge is 0.478 e. The fourth-order valence-corrected chi connectivity index (χ4v) is 2.98. The Hall–Kier alpha value is -1.93. The van der Waals surface area contributed by atoms with Crippen LogP contribution in [0, 0.1) is 0 Å². The summed E-state index contributed by atoms with van der Waals surface area (Å²) in [6.45, 7) is 1.52. The van der Waals surface area contributed by atoms with Gasteiger partial charge in [0.2, 0.25) is 15.9 Å². The average Bonchev–Trinajstić information content (AvgIpc) is 2.44. The SMILES string of the molecule is CCN(CC(=O)N(C)C)S(=O)(=O)c1ccc(C(=O)O)cc1. The maximum Gasteiger partial charge on any atom is 0.335 e. The molecule has 0 aromatic heterocycles. The predicted octanol–water partition coefficient (Wildman–Crippen LogP) is 0.484. The summed E-state index contributed by atoms with van der Waals surface area (Å²) in [6.07, 6.45) is 0. The van der Waals surface area contributed by atoms with E-state index in [2.05, 4.69) is 0 Å². The Morgan fingerprint density at radius 3 is 2.05 bits per heavy atom. The van der Waals surface area contributed by atoms with Crippen LogP contribution in [-0.2, 0) is 14.8 Å². The Kier molecular flexibility index (Phi) is 5.45. The van der Waals surface area contributed by atoms with Crippen LogP contribution >= 0.6 is 0 Å². The molecule has 0 fully saturated rings. The maximum atomic E-state index is 12.4. The minimum atomic E-state index is -3.83. The molecular formula is C13H18N2O5S. The quantitative estimate of drug-likeness (QED) is 0.824. The lowest BCUT2D eigenvalue weighted by Crippen LogP contribution is -2.40. The number of benzene rings is 1. The van der Waals surface area contributed by atoms with E-state index in [1.807, 2.05) is 0 Å². The molecule has 1 amide bonds. The molecule has 0 aliphatic carbocycles. The number of hydrogen-bond acceptors (Lipinski definition) is 4. The van der Waals surface area contributed by atoms with Gasteiger partial charge in [-0.3, -0.25) is 4.79 Å². The Bertz CT molecular complexity index is 622. The minimum absolute atomic E-state index is 0.00127. The third-order valence-electron chi connectivity index (χ3n) is 2.90. The van der Waals surface area contributed by atoms with Crippen molar-refractivity contribution in [3.05, 3.63) is 29.8 Å². The van der Waals surface area contributed by atoms with Crippen molar-refractivity contribution >= 4 is 21.9 Å². The first-order valence-electron chi connectivity index (χ1n) is 6.23. The monoisotopic (exact) mass is 314 g/mol. The van der Waals surface area contributed by atoms with Gasteiger partial charge >= 0.3 is 5.97 Å². The summed E-state index contributed by atoms with van der Waals surface area (Å²) in [5.41, 5.74) is 0.00127. The summed E-state index contributed by atoms with van der Waals surface area (Å²) < 4.78 is 25.9. The summed E-state index contributed by atoms with van der Waals surface area (Å²) >= 11 is 0. The van der Waals surface area contributed by atoms with Gasteiger partial charge in [-0.25, -0.2) is 13.2 Å². The number of hydrogen-bond donors (Lipinski definition) is 1. The average molecular weight is 314 g/mol. The zero-order valence-electron chi connectivity index (χ0n) is 12.1. The maximum absolute atomic E-state index is 12.4. The van der Waals surface area contributed by atoms with Gasteiger partial charge in [0.1, 0.15) is 0 Å². The van der Waals surface area contributed by atoms with Crippen molar-refractivity contribution in [2.24, 2.45) is 0 Å². The van der Waals surface area contributed by atoms with Crippen LogP contribution in [0.3, 0.4) is 0 Å². The van der Waals surface area contributed by atoms with Gasteiger partial charge in [0.25, 0.3) is 0 Å². The molecule has 0 saturated heterocycles. The second-order valence-corrected chi connectivity index (χ2v) is 6.49. The van der Waals surface area contributed by atoms with Gasteiger partial charge in [-0.15, -0.1) is 0 Å². The highest BCUT2D eigenvalue weighted by Gasteiger charge is 2.25. The van der Waals surface area contributed by atoms with Gasteiger partial charge in [-0.1, -0.05) is 6.92 Å². The molecule has 0 unspecified atom stereocenters. The van der Waals surface area contributed by atoms with E-state index >= 15 is 0 Å². The summed E-state index contributed by atoms with van der Waals surface area (Å²) in [4.78, 5) is 23.7. The smallest absolute Gasteiger partial charge is 0.335 e. The number of carbonyl (C=O) groups is 2.